The molecule has 0 unspecified atom stereocenters. The number of unbranched alkanes of at least 4 members (excludes halogenated alkanes) is 2. The lowest BCUT2D eigenvalue weighted by Crippen LogP contribution is -2.45. The van der Waals surface area contributed by atoms with Gasteiger partial charge in [0.2, 0.25) is 0 Å². The summed E-state index contributed by atoms with van der Waals surface area (Å²) in [5.74, 6) is 3.33. The number of hydrogen-bond acceptors (Lipinski definition) is 1. The number of aromatic nitrogens is 1. The zero-order chi connectivity index (χ0) is 14.1. The molecule has 4 aliphatic rings. The second-order valence-corrected chi connectivity index (χ2v) is 8.15. The molecule has 0 spiro atoms. The third kappa shape index (κ3) is 3.03. The van der Waals surface area contributed by atoms with Crippen LogP contribution in [0, 0.1) is 29.6 Å². The Morgan fingerprint density at radius 1 is 0.952 bits per heavy atom. The van der Waals surface area contributed by atoms with E-state index in [0.29, 0.717) is 0 Å². The number of rotatable bonds is 6. The van der Waals surface area contributed by atoms with Gasteiger partial charge in [0.1, 0.15) is 0 Å². The second-order valence-electron chi connectivity index (χ2n) is 8.15. The lowest BCUT2D eigenvalue weighted by molar-refractivity contribution is -0.0582. The van der Waals surface area contributed by atoms with Crippen molar-refractivity contribution in [3.05, 3.63) is 36.5 Å². The molecule has 1 aromatic heterocycles. The fourth-order valence-electron chi connectivity index (χ4n) is 6.01. The predicted octanol–water partition coefficient (Wildman–Crippen LogP) is 5.41. The second kappa shape index (κ2) is 5.74. The van der Waals surface area contributed by atoms with Gasteiger partial charge in [-0.25, -0.2) is 0 Å². The van der Waals surface area contributed by atoms with E-state index in [0.717, 1.165) is 23.2 Å². The van der Waals surface area contributed by atoms with Gasteiger partial charge < -0.3 is 0 Å². The maximum absolute atomic E-state index is 4.08. The molecular formula is C20H28N. The van der Waals surface area contributed by atoms with Crippen LogP contribution in [-0.2, 0) is 0 Å². The molecule has 4 bridgehead atoms. The van der Waals surface area contributed by atoms with Gasteiger partial charge >= 0.3 is 0 Å². The first-order chi connectivity index (χ1) is 10.3. The van der Waals surface area contributed by atoms with Gasteiger partial charge in [0.05, 0.1) is 0 Å². The van der Waals surface area contributed by atoms with E-state index in [4.69, 9.17) is 0 Å². The molecule has 0 saturated heterocycles. The summed E-state index contributed by atoms with van der Waals surface area (Å²) in [4.78, 5) is 4.08. The zero-order valence-corrected chi connectivity index (χ0v) is 13.1. The van der Waals surface area contributed by atoms with E-state index >= 15 is 0 Å². The van der Waals surface area contributed by atoms with Crippen LogP contribution < -0.4 is 0 Å². The Balaban J connectivity index is 1.22. The average molecular weight is 282 g/mol. The molecule has 0 atom stereocenters. The summed E-state index contributed by atoms with van der Waals surface area (Å²) in [7, 11) is 0. The summed E-state index contributed by atoms with van der Waals surface area (Å²) in [6.07, 6.45) is 21.2. The van der Waals surface area contributed by atoms with Gasteiger partial charge in [-0.2, -0.15) is 0 Å². The van der Waals surface area contributed by atoms with Crippen LogP contribution in [0.25, 0.3) is 0 Å². The zero-order valence-electron chi connectivity index (χ0n) is 13.1. The molecule has 1 nitrogen and oxygen atoms in total. The first kappa shape index (κ1) is 13.8. The topological polar surface area (TPSA) is 12.9 Å². The van der Waals surface area contributed by atoms with Crippen molar-refractivity contribution in [1.82, 2.24) is 4.98 Å². The molecular weight excluding hydrogens is 254 g/mol. The van der Waals surface area contributed by atoms with Gasteiger partial charge in [-0.15, -0.1) is 0 Å². The van der Waals surface area contributed by atoms with E-state index < -0.39 is 0 Å². The van der Waals surface area contributed by atoms with E-state index in [1.165, 1.54) is 31.2 Å². The monoisotopic (exact) mass is 282 g/mol. The number of pyridine rings is 1. The largest absolute Gasteiger partial charge is 0.265 e. The smallest absolute Gasteiger partial charge is 0.0270 e. The first-order valence-corrected chi connectivity index (χ1v) is 9.05. The molecule has 0 N–H and O–H groups in total. The minimum Gasteiger partial charge on any atom is -0.265 e. The van der Waals surface area contributed by atoms with Crippen molar-refractivity contribution in [2.45, 2.75) is 64.2 Å². The highest BCUT2D eigenvalue weighted by molar-refractivity contribution is 5.18. The van der Waals surface area contributed by atoms with E-state index in [9.17, 15) is 0 Å². The van der Waals surface area contributed by atoms with Gasteiger partial charge in [-0.05, 0) is 98.7 Å². The third-order valence-electron chi connectivity index (χ3n) is 6.41. The fraction of sp³-hybridized carbons (Fsp3) is 0.700. The highest BCUT2D eigenvalue weighted by atomic mass is 14.6. The van der Waals surface area contributed by atoms with Crippen molar-refractivity contribution in [1.29, 1.82) is 0 Å². The highest BCUT2D eigenvalue weighted by Gasteiger charge is 2.50. The Bertz CT molecular complexity index is 429. The summed E-state index contributed by atoms with van der Waals surface area (Å²) >= 11 is 0. The summed E-state index contributed by atoms with van der Waals surface area (Å²) in [6.45, 7) is 0. The minimum absolute atomic E-state index is 0.783. The van der Waals surface area contributed by atoms with E-state index in [2.05, 4.69) is 23.5 Å². The SMILES string of the molecule is [CH](CCCCC12CC3CC(CC(C3)C1)C2)c1ccncc1. The van der Waals surface area contributed by atoms with Gasteiger partial charge in [0.15, 0.2) is 0 Å². The molecule has 4 aliphatic carbocycles. The molecule has 5 rings (SSSR count). The molecule has 0 aromatic carbocycles. The maximum Gasteiger partial charge on any atom is 0.0270 e. The van der Waals surface area contributed by atoms with E-state index in [-0.39, 0.29) is 0 Å². The van der Waals surface area contributed by atoms with Crippen LogP contribution in [0.1, 0.15) is 69.8 Å². The van der Waals surface area contributed by atoms with Gasteiger partial charge in [-0.3, -0.25) is 4.98 Å². The first-order valence-electron chi connectivity index (χ1n) is 9.05. The Morgan fingerprint density at radius 3 is 2.19 bits per heavy atom. The Kier molecular flexibility index (Phi) is 3.77. The minimum atomic E-state index is 0.783. The molecule has 113 valence electrons. The van der Waals surface area contributed by atoms with Gasteiger partial charge in [0.25, 0.3) is 0 Å². The molecule has 4 fully saturated rings. The Morgan fingerprint density at radius 2 is 1.57 bits per heavy atom. The lowest BCUT2D eigenvalue weighted by Gasteiger charge is -2.57. The summed E-state index contributed by atoms with van der Waals surface area (Å²) in [6, 6.07) is 4.22. The maximum atomic E-state index is 4.08. The molecule has 0 amide bonds. The number of nitrogens with zero attached hydrogens (tertiary/aromatic N) is 1. The summed E-state index contributed by atoms with van der Waals surface area (Å²) in [5.41, 5.74) is 2.12. The lowest BCUT2D eigenvalue weighted by atomic mass is 9.48. The van der Waals surface area contributed by atoms with Crippen molar-refractivity contribution in [2.24, 2.45) is 23.2 Å². The van der Waals surface area contributed by atoms with Crippen molar-refractivity contribution in [3.8, 4) is 0 Å². The van der Waals surface area contributed by atoms with Crippen LogP contribution in [0.3, 0.4) is 0 Å². The molecule has 1 radical (unpaired) electrons. The van der Waals surface area contributed by atoms with Crippen LogP contribution in [0.4, 0.5) is 0 Å². The van der Waals surface area contributed by atoms with Gasteiger partial charge in [0, 0.05) is 12.4 Å². The average Bonchev–Trinajstić information content (AvgIpc) is 2.46. The summed E-state index contributed by atoms with van der Waals surface area (Å²) < 4.78 is 0. The molecule has 21 heavy (non-hydrogen) atoms. The molecule has 1 heteroatoms. The molecule has 4 saturated carbocycles. The Hall–Kier alpha value is -0.850. The van der Waals surface area contributed by atoms with E-state index in [1.807, 2.05) is 12.4 Å². The highest BCUT2D eigenvalue weighted by Crippen LogP contribution is 2.61. The van der Waals surface area contributed by atoms with Crippen LogP contribution in [0.5, 0.6) is 0 Å². The quantitative estimate of drug-likeness (QED) is 0.636. The molecule has 0 aliphatic heterocycles. The fourth-order valence-corrected chi connectivity index (χ4v) is 6.01. The van der Waals surface area contributed by atoms with Crippen molar-refractivity contribution in [3.63, 3.8) is 0 Å². The predicted molar refractivity (Wildman–Crippen MR) is 86.7 cm³/mol. The van der Waals surface area contributed by atoms with Crippen molar-refractivity contribution in [2.75, 3.05) is 0 Å². The Labute approximate surface area is 129 Å². The van der Waals surface area contributed by atoms with Crippen molar-refractivity contribution >= 4 is 0 Å². The van der Waals surface area contributed by atoms with Crippen molar-refractivity contribution < 1.29 is 0 Å². The van der Waals surface area contributed by atoms with Gasteiger partial charge in [-0.1, -0.05) is 12.8 Å². The standard InChI is InChI=1S/C20H28N/c1(2-4-16-5-8-21-9-6-16)3-7-20-13-17-10-18(14-20)12-19(11-17)15-20/h4-6,8-9,17-19H,1-3,7,10-15H2. The van der Waals surface area contributed by atoms with E-state index in [1.54, 1.807) is 38.5 Å². The summed E-state index contributed by atoms with van der Waals surface area (Å²) in [5, 5.41) is 0. The van der Waals surface area contributed by atoms with Crippen LogP contribution in [0.15, 0.2) is 24.5 Å². The normalized spacial score (nSPS) is 37.0. The van der Waals surface area contributed by atoms with Crippen LogP contribution in [0.2, 0.25) is 0 Å². The van der Waals surface area contributed by atoms with Crippen LogP contribution >= 0.6 is 0 Å². The molecule has 1 aromatic rings. The third-order valence-corrected chi connectivity index (χ3v) is 6.41. The molecule has 1 heterocycles. The van der Waals surface area contributed by atoms with Crippen LogP contribution in [-0.4, -0.2) is 4.98 Å². The number of hydrogen-bond donors (Lipinski definition) is 0.